The average molecular weight is 310 g/mol. The lowest BCUT2D eigenvalue weighted by molar-refractivity contribution is -0.119. The van der Waals surface area contributed by atoms with Gasteiger partial charge >= 0.3 is 6.03 Å². The maximum absolute atomic E-state index is 11.5. The van der Waals surface area contributed by atoms with Gasteiger partial charge in [0.05, 0.1) is 16.0 Å². The fraction of sp³-hybridized carbons (Fsp3) is 0.250. The second kappa shape index (κ2) is 7.11. The van der Waals surface area contributed by atoms with Crippen LogP contribution in [-0.4, -0.2) is 29.2 Å². The largest absolute Gasteiger partial charge is 0.337 e. The Morgan fingerprint density at radius 2 is 2.10 bits per heavy atom. The molecule has 0 unspecified atom stereocenters. The van der Waals surface area contributed by atoms with Crippen molar-refractivity contribution >= 4 is 45.3 Å². The Bertz CT molecular complexity index is 581. The van der Waals surface area contributed by atoms with E-state index in [1.165, 1.54) is 11.8 Å². The first-order chi connectivity index (χ1) is 9.69. The number of carbonyl (C=O) groups is 2. The molecule has 0 spiro atoms. The number of fused-ring (bicyclic) bond motifs is 1. The van der Waals surface area contributed by atoms with Crippen molar-refractivity contribution in [1.82, 2.24) is 21.2 Å². The lowest BCUT2D eigenvalue weighted by atomic mass is 10.3. The fourth-order valence-corrected chi connectivity index (χ4v) is 3.28. The Kier molecular flexibility index (Phi) is 5.19. The maximum Gasteiger partial charge on any atom is 0.333 e. The summed E-state index contributed by atoms with van der Waals surface area (Å²) in [5.74, 6) is -0.0767. The molecule has 0 fully saturated rings. The smallest absolute Gasteiger partial charge is 0.333 e. The molecule has 0 saturated carbocycles. The first-order valence-corrected chi connectivity index (χ1v) is 7.80. The first kappa shape index (κ1) is 14.6. The van der Waals surface area contributed by atoms with Gasteiger partial charge in [-0.25, -0.2) is 15.2 Å². The average Bonchev–Trinajstić information content (AvgIpc) is 2.86. The van der Waals surface area contributed by atoms with Crippen molar-refractivity contribution in [3.05, 3.63) is 24.3 Å². The van der Waals surface area contributed by atoms with E-state index in [9.17, 15) is 9.59 Å². The summed E-state index contributed by atoms with van der Waals surface area (Å²) in [6.07, 6.45) is 0. The Balaban J connectivity index is 1.79. The lowest BCUT2D eigenvalue weighted by Gasteiger charge is -2.06. The van der Waals surface area contributed by atoms with Gasteiger partial charge in [0.2, 0.25) is 5.91 Å². The molecule has 1 aromatic carbocycles. The SMILES string of the molecule is CCNC(=O)NNC(=O)CSc1nc2ccccc2s1. The van der Waals surface area contributed by atoms with Gasteiger partial charge in [-0.3, -0.25) is 10.2 Å². The van der Waals surface area contributed by atoms with Crippen LogP contribution in [-0.2, 0) is 4.79 Å². The van der Waals surface area contributed by atoms with Crippen molar-refractivity contribution in [3.8, 4) is 0 Å². The van der Waals surface area contributed by atoms with E-state index in [1.54, 1.807) is 18.3 Å². The van der Waals surface area contributed by atoms with Gasteiger partial charge in [0.1, 0.15) is 0 Å². The summed E-state index contributed by atoms with van der Waals surface area (Å²) in [6.45, 7) is 2.30. The van der Waals surface area contributed by atoms with E-state index < -0.39 is 6.03 Å². The summed E-state index contributed by atoms with van der Waals surface area (Å²) >= 11 is 2.89. The molecule has 0 aliphatic rings. The Morgan fingerprint density at radius 3 is 2.85 bits per heavy atom. The number of hydrogen-bond acceptors (Lipinski definition) is 5. The molecule has 0 bridgehead atoms. The van der Waals surface area contributed by atoms with Gasteiger partial charge in [0.25, 0.3) is 0 Å². The number of hydrazine groups is 1. The zero-order chi connectivity index (χ0) is 14.4. The highest BCUT2D eigenvalue weighted by Gasteiger charge is 2.08. The number of benzene rings is 1. The van der Waals surface area contributed by atoms with Gasteiger partial charge in [0.15, 0.2) is 4.34 Å². The quantitative estimate of drug-likeness (QED) is 0.593. The molecule has 2 aromatic rings. The minimum atomic E-state index is -0.425. The molecule has 0 saturated heterocycles. The molecule has 2 rings (SSSR count). The van der Waals surface area contributed by atoms with Gasteiger partial charge in [-0.05, 0) is 19.1 Å². The molecule has 106 valence electrons. The number of urea groups is 1. The molecule has 6 nitrogen and oxygen atoms in total. The van der Waals surface area contributed by atoms with Crippen LogP contribution in [0.2, 0.25) is 0 Å². The Hall–Kier alpha value is -1.80. The highest BCUT2D eigenvalue weighted by Crippen LogP contribution is 2.28. The van der Waals surface area contributed by atoms with E-state index in [0.717, 1.165) is 14.6 Å². The molecule has 1 aromatic heterocycles. The van der Waals surface area contributed by atoms with Crippen LogP contribution in [0.1, 0.15) is 6.92 Å². The topological polar surface area (TPSA) is 83.1 Å². The van der Waals surface area contributed by atoms with E-state index >= 15 is 0 Å². The van der Waals surface area contributed by atoms with Crippen LogP contribution in [0.25, 0.3) is 10.2 Å². The molecular formula is C12H14N4O2S2. The van der Waals surface area contributed by atoms with Gasteiger partial charge in [0, 0.05) is 6.54 Å². The molecule has 0 radical (unpaired) electrons. The van der Waals surface area contributed by atoms with E-state index in [4.69, 9.17) is 0 Å². The van der Waals surface area contributed by atoms with Crippen LogP contribution >= 0.6 is 23.1 Å². The van der Waals surface area contributed by atoms with Crippen LogP contribution in [0.15, 0.2) is 28.6 Å². The number of nitrogens with zero attached hydrogens (tertiary/aromatic N) is 1. The maximum atomic E-state index is 11.5. The monoisotopic (exact) mass is 310 g/mol. The van der Waals surface area contributed by atoms with Crippen molar-refractivity contribution in [1.29, 1.82) is 0 Å². The summed E-state index contributed by atoms with van der Waals surface area (Å²) in [5, 5.41) is 2.51. The van der Waals surface area contributed by atoms with Crippen molar-refractivity contribution in [2.24, 2.45) is 0 Å². The third-order valence-electron chi connectivity index (χ3n) is 2.25. The number of rotatable bonds is 4. The number of thioether (sulfide) groups is 1. The minimum absolute atomic E-state index is 0.201. The number of thiazole rings is 1. The number of carbonyl (C=O) groups excluding carboxylic acids is 2. The van der Waals surface area contributed by atoms with Crippen LogP contribution < -0.4 is 16.2 Å². The predicted molar refractivity (Wildman–Crippen MR) is 80.7 cm³/mol. The number of amides is 3. The van der Waals surface area contributed by atoms with Gasteiger partial charge in [-0.15, -0.1) is 11.3 Å². The zero-order valence-corrected chi connectivity index (χ0v) is 12.4. The third-order valence-corrected chi connectivity index (χ3v) is 4.43. The lowest BCUT2D eigenvalue weighted by Crippen LogP contribution is -2.47. The summed E-state index contributed by atoms with van der Waals surface area (Å²) in [4.78, 5) is 27.0. The highest BCUT2D eigenvalue weighted by atomic mass is 32.2. The van der Waals surface area contributed by atoms with Crippen LogP contribution in [0.4, 0.5) is 4.79 Å². The zero-order valence-electron chi connectivity index (χ0n) is 10.8. The van der Waals surface area contributed by atoms with Gasteiger partial charge < -0.3 is 5.32 Å². The Labute approximate surface area is 124 Å². The number of aromatic nitrogens is 1. The molecule has 20 heavy (non-hydrogen) atoms. The van der Waals surface area contributed by atoms with Crippen molar-refractivity contribution in [2.75, 3.05) is 12.3 Å². The van der Waals surface area contributed by atoms with Crippen molar-refractivity contribution in [2.45, 2.75) is 11.3 Å². The second-order valence-electron chi connectivity index (χ2n) is 3.77. The molecule has 1 heterocycles. The van der Waals surface area contributed by atoms with Crippen molar-refractivity contribution in [3.63, 3.8) is 0 Å². The molecule has 0 aliphatic heterocycles. The third kappa shape index (κ3) is 4.10. The summed E-state index contributed by atoms with van der Waals surface area (Å²) in [6, 6.07) is 7.39. The summed E-state index contributed by atoms with van der Waals surface area (Å²) in [5.41, 5.74) is 5.52. The van der Waals surface area contributed by atoms with Gasteiger partial charge in [-0.1, -0.05) is 23.9 Å². The molecule has 8 heteroatoms. The Morgan fingerprint density at radius 1 is 1.30 bits per heavy atom. The minimum Gasteiger partial charge on any atom is -0.337 e. The van der Waals surface area contributed by atoms with Crippen LogP contribution in [0.3, 0.4) is 0 Å². The number of para-hydroxylation sites is 1. The first-order valence-electron chi connectivity index (χ1n) is 6.00. The van der Waals surface area contributed by atoms with Crippen molar-refractivity contribution < 1.29 is 9.59 Å². The highest BCUT2D eigenvalue weighted by molar-refractivity contribution is 8.01. The van der Waals surface area contributed by atoms with E-state index in [1.807, 2.05) is 24.3 Å². The summed E-state index contributed by atoms with van der Waals surface area (Å²) in [7, 11) is 0. The van der Waals surface area contributed by atoms with Crippen LogP contribution in [0.5, 0.6) is 0 Å². The number of nitrogens with one attached hydrogen (secondary N) is 3. The standard InChI is InChI=1S/C12H14N4O2S2/c1-2-13-11(18)16-15-10(17)7-19-12-14-8-5-3-4-6-9(8)20-12/h3-6H,2,7H2,1H3,(H,15,17)(H2,13,16,18). The second-order valence-corrected chi connectivity index (χ2v) is 6.02. The predicted octanol–water partition coefficient (Wildman–Crippen LogP) is 1.74. The van der Waals surface area contributed by atoms with Crippen LogP contribution in [0, 0.1) is 0 Å². The normalized spacial score (nSPS) is 10.2. The van der Waals surface area contributed by atoms with E-state index in [2.05, 4.69) is 21.2 Å². The molecule has 0 atom stereocenters. The van der Waals surface area contributed by atoms with Gasteiger partial charge in [-0.2, -0.15) is 0 Å². The molecule has 0 aliphatic carbocycles. The van der Waals surface area contributed by atoms with E-state index in [-0.39, 0.29) is 11.7 Å². The fourth-order valence-electron chi connectivity index (χ4n) is 1.41. The molecule has 3 N–H and O–H groups in total. The summed E-state index contributed by atoms with van der Waals surface area (Å²) < 4.78 is 1.93. The van der Waals surface area contributed by atoms with E-state index in [0.29, 0.717) is 6.54 Å². The molecule has 3 amide bonds. The number of hydrogen-bond donors (Lipinski definition) is 3. The molecular weight excluding hydrogens is 296 g/mol.